The summed E-state index contributed by atoms with van der Waals surface area (Å²) in [6.07, 6.45) is 1.73. The number of ether oxygens (including phenoxy) is 2. The molecule has 158 valence electrons. The lowest BCUT2D eigenvalue weighted by Crippen LogP contribution is -2.51. The highest BCUT2D eigenvalue weighted by atomic mass is 16.5. The van der Waals surface area contributed by atoms with E-state index in [4.69, 9.17) is 9.47 Å². The van der Waals surface area contributed by atoms with Crippen molar-refractivity contribution in [2.45, 2.75) is 32.9 Å². The monoisotopic (exact) mass is 414 g/mol. The largest absolute Gasteiger partial charge is 0.463 e. The molecular formula is C20H22N4O6. The van der Waals surface area contributed by atoms with Gasteiger partial charge in [0, 0.05) is 0 Å². The second-order valence-electron chi connectivity index (χ2n) is 6.53. The fourth-order valence-electron chi connectivity index (χ4n) is 3.13. The van der Waals surface area contributed by atoms with Crippen molar-refractivity contribution >= 4 is 28.9 Å². The maximum atomic E-state index is 12.5. The molecule has 2 amide bonds. The van der Waals surface area contributed by atoms with Gasteiger partial charge in [0.2, 0.25) is 0 Å². The van der Waals surface area contributed by atoms with Crippen molar-refractivity contribution in [3.63, 3.8) is 0 Å². The Bertz CT molecular complexity index is 1070. The molecule has 2 heterocycles. The van der Waals surface area contributed by atoms with Crippen LogP contribution in [0.2, 0.25) is 0 Å². The van der Waals surface area contributed by atoms with E-state index in [1.54, 1.807) is 38.1 Å². The SMILES string of the molecule is CCOC(=O)C1=C(COC(=O)Cn2cnc3ccccc3c2=O)NC(=O)N[C@@H]1CC. The van der Waals surface area contributed by atoms with Crippen LogP contribution in [0, 0.1) is 0 Å². The summed E-state index contributed by atoms with van der Waals surface area (Å²) in [4.78, 5) is 53.1. The van der Waals surface area contributed by atoms with E-state index in [1.165, 1.54) is 6.33 Å². The Morgan fingerprint density at radius 3 is 2.67 bits per heavy atom. The average molecular weight is 414 g/mol. The van der Waals surface area contributed by atoms with Crippen molar-refractivity contribution in [1.82, 2.24) is 20.2 Å². The van der Waals surface area contributed by atoms with E-state index >= 15 is 0 Å². The van der Waals surface area contributed by atoms with E-state index < -0.39 is 24.0 Å². The number of fused-ring (bicyclic) bond motifs is 1. The third-order valence-electron chi connectivity index (χ3n) is 4.56. The zero-order valence-corrected chi connectivity index (χ0v) is 16.6. The Hall–Kier alpha value is -3.69. The number of hydrogen-bond donors (Lipinski definition) is 2. The third-order valence-corrected chi connectivity index (χ3v) is 4.56. The van der Waals surface area contributed by atoms with E-state index in [9.17, 15) is 19.2 Å². The van der Waals surface area contributed by atoms with Crippen LogP contribution in [0.25, 0.3) is 10.9 Å². The number of para-hydroxylation sites is 1. The van der Waals surface area contributed by atoms with Crippen LogP contribution in [0.15, 0.2) is 46.7 Å². The molecule has 3 rings (SSSR count). The first kappa shape index (κ1) is 21.0. The molecule has 0 spiro atoms. The minimum Gasteiger partial charge on any atom is -0.463 e. The van der Waals surface area contributed by atoms with Crippen molar-refractivity contribution in [2.24, 2.45) is 0 Å². The van der Waals surface area contributed by atoms with Crippen LogP contribution < -0.4 is 16.2 Å². The van der Waals surface area contributed by atoms with E-state index in [2.05, 4.69) is 15.6 Å². The number of benzene rings is 1. The number of rotatable bonds is 7. The predicted octanol–water partition coefficient (Wildman–Crippen LogP) is 0.848. The Morgan fingerprint density at radius 2 is 1.93 bits per heavy atom. The Balaban J connectivity index is 1.76. The molecule has 0 unspecified atom stereocenters. The van der Waals surface area contributed by atoms with Gasteiger partial charge in [0.05, 0.1) is 41.1 Å². The zero-order valence-electron chi connectivity index (χ0n) is 16.6. The highest BCUT2D eigenvalue weighted by molar-refractivity contribution is 5.94. The maximum Gasteiger partial charge on any atom is 0.338 e. The van der Waals surface area contributed by atoms with Crippen LogP contribution in [0.5, 0.6) is 0 Å². The highest BCUT2D eigenvalue weighted by Gasteiger charge is 2.32. The van der Waals surface area contributed by atoms with Crippen LogP contribution in [0.3, 0.4) is 0 Å². The fourth-order valence-corrected chi connectivity index (χ4v) is 3.13. The van der Waals surface area contributed by atoms with Gasteiger partial charge in [0.1, 0.15) is 13.2 Å². The summed E-state index contributed by atoms with van der Waals surface area (Å²) in [6.45, 7) is 2.94. The second-order valence-corrected chi connectivity index (χ2v) is 6.53. The minimum absolute atomic E-state index is 0.154. The van der Waals surface area contributed by atoms with Crippen molar-refractivity contribution < 1.29 is 23.9 Å². The van der Waals surface area contributed by atoms with E-state index in [0.29, 0.717) is 17.3 Å². The molecule has 1 aliphatic rings. The molecule has 10 nitrogen and oxygen atoms in total. The Labute approximate surface area is 171 Å². The van der Waals surface area contributed by atoms with Gasteiger partial charge in [-0.15, -0.1) is 0 Å². The minimum atomic E-state index is -0.717. The van der Waals surface area contributed by atoms with E-state index in [0.717, 1.165) is 4.57 Å². The average Bonchev–Trinajstić information content (AvgIpc) is 2.74. The van der Waals surface area contributed by atoms with Gasteiger partial charge in [-0.3, -0.25) is 14.2 Å². The van der Waals surface area contributed by atoms with Crippen LogP contribution in [-0.4, -0.2) is 46.8 Å². The quantitative estimate of drug-likeness (QED) is 0.643. The molecule has 0 aliphatic carbocycles. The van der Waals surface area contributed by atoms with Gasteiger partial charge in [-0.1, -0.05) is 19.1 Å². The van der Waals surface area contributed by atoms with E-state index in [-0.39, 0.29) is 36.6 Å². The van der Waals surface area contributed by atoms with Gasteiger partial charge in [-0.25, -0.2) is 14.6 Å². The number of urea groups is 1. The first-order chi connectivity index (χ1) is 14.4. The molecule has 0 saturated carbocycles. The number of esters is 2. The normalized spacial score (nSPS) is 16.1. The molecule has 0 bridgehead atoms. The summed E-state index contributed by atoms with van der Waals surface area (Å²) in [6, 6.07) is 5.74. The number of carbonyl (C=O) groups is 3. The van der Waals surface area contributed by atoms with Crippen molar-refractivity contribution in [3.8, 4) is 0 Å². The summed E-state index contributed by atoms with van der Waals surface area (Å²) in [5, 5.41) is 5.52. The number of carbonyl (C=O) groups excluding carboxylic acids is 3. The number of nitrogens with one attached hydrogen (secondary N) is 2. The van der Waals surface area contributed by atoms with Gasteiger partial charge in [0.15, 0.2) is 0 Å². The zero-order chi connectivity index (χ0) is 21.7. The van der Waals surface area contributed by atoms with Crippen LogP contribution in [0.4, 0.5) is 4.79 Å². The lowest BCUT2D eigenvalue weighted by atomic mass is 10.0. The number of aromatic nitrogens is 2. The molecule has 0 fully saturated rings. The molecule has 30 heavy (non-hydrogen) atoms. The smallest absolute Gasteiger partial charge is 0.338 e. The first-order valence-corrected chi connectivity index (χ1v) is 9.52. The molecule has 2 N–H and O–H groups in total. The molecule has 2 aromatic rings. The van der Waals surface area contributed by atoms with Gasteiger partial charge < -0.3 is 20.1 Å². The fraction of sp³-hybridized carbons (Fsp3) is 0.350. The number of hydrogen-bond acceptors (Lipinski definition) is 7. The molecule has 1 aliphatic heterocycles. The van der Waals surface area contributed by atoms with Crippen molar-refractivity contribution in [2.75, 3.05) is 13.2 Å². The van der Waals surface area contributed by atoms with Gasteiger partial charge in [0.25, 0.3) is 5.56 Å². The molecule has 10 heteroatoms. The Kier molecular flexibility index (Phi) is 6.45. The van der Waals surface area contributed by atoms with Crippen LogP contribution in [0.1, 0.15) is 20.3 Å². The lowest BCUT2D eigenvalue weighted by Gasteiger charge is -2.28. The Morgan fingerprint density at radius 1 is 1.17 bits per heavy atom. The summed E-state index contributed by atoms with van der Waals surface area (Å²) in [7, 11) is 0. The highest BCUT2D eigenvalue weighted by Crippen LogP contribution is 2.17. The second kappa shape index (κ2) is 9.21. The van der Waals surface area contributed by atoms with Crippen molar-refractivity contribution in [1.29, 1.82) is 0 Å². The van der Waals surface area contributed by atoms with Gasteiger partial charge in [-0.2, -0.15) is 0 Å². The molecule has 1 aromatic carbocycles. The van der Waals surface area contributed by atoms with E-state index in [1.807, 2.05) is 0 Å². The molecule has 1 atom stereocenters. The molecule has 0 saturated heterocycles. The predicted molar refractivity (Wildman–Crippen MR) is 106 cm³/mol. The maximum absolute atomic E-state index is 12.5. The third kappa shape index (κ3) is 4.48. The summed E-state index contributed by atoms with van der Waals surface area (Å²) >= 11 is 0. The van der Waals surface area contributed by atoms with Gasteiger partial charge >= 0.3 is 18.0 Å². The summed E-state index contributed by atoms with van der Waals surface area (Å²) < 4.78 is 11.4. The molecular weight excluding hydrogens is 392 g/mol. The summed E-state index contributed by atoms with van der Waals surface area (Å²) in [5.74, 6) is -1.32. The van der Waals surface area contributed by atoms with Gasteiger partial charge in [-0.05, 0) is 25.5 Å². The first-order valence-electron chi connectivity index (χ1n) is 9.52. The molecule has 0 radical (unpaired) electrons. The van der Waals surface area contributed by atoms with Crippen molar-refractivity contribution in [3.05, 3.63) is 52.2 Å². The van der Waals surface area contributed by atoms with Crippen LogP contribution >= 0.6 is 0 Å². The topological polar surface area (TPSA) is 129 Å². The number of nitrogens with zero attached hydrogens (tertiary/aromatic N) is 2. The molecule has 1 aromatic heterocycles. The standard InChI is InChI=1S/C20H22N4O6/c1-3-13-17(19(27)29-4-2)15(23-20(28)22-13)10-30-16(25)9-24-11-21-14-8-6-5-7-12(14)18(24)26/h5-8,11,13H,3-4,9-10H2,1-2H3,(H2,22,23,28)/t13-/m1/s1. The summed E-state index contributed by atoms with van der Waals surface area (Å²) in [5.41, 5.74) is 0.516. The van der Waals surface area contributed by atoms with Crippen LogP contribution in [-0.2, 0) is 25.6 Å². The lowest BCUT2D eigenvalue weighted by molar-refractivity contribution is -0.144. The number of amides is 2.